The van der Waals surface area contributed by atoms with Gasteiger partial charge in [-0.15, -0.1) is 0 Å². The Balaban J connectivity index is 1.47. The van der Waals surface area contributed by atoms with Crippen molar-refractivity contribution >= 4 is 29.0 Å². The summed E-state index contributed by atoms with van der Waals surface area (Å²) in [5.41, 5.74) is 9.61. The number of nitrogen functional groups attached to an aromatic ring is 1. The maximum Gasteiger partial charge on any atom is 0.156 e. The molecule has 1 aliphatic heterocycles. The van der Waals surface area contributed by atoms with Gasteiger partial charge >= 0.3 is 0 Å². The molecule has 1 aliphatic rings. The number of benzene rings is 2. The summed E-state index contributed by atoms with van der Waals surface area (Å²) >= 11 is 1.59. The molecule has 2 aromatic carbocycles. The van der Waals surface area contributed by atoms with Crippen LogP contribution in [0.3, 0.4) is 0 Å². The lowest BCUT2D eigenvalue weighted by molar-refractivity contribution is 0.646. The standard InChI is InChI=1S/C21H23N5S/c1-16-7-9-18(10-8-16)27-21-19(22)20(23-15-24-21)26-13-11-25(12-14-26)17-5-3-2-4-6-17/h2-10,15H,11-14,22H2,1H3. The number of nitrogens with zero attached hydrogens (tertiary/aromatic N) is 4. The molecule has 0 saturated carbocycles. The first kappa shape index (κ1) is 17.7. The van der Waals surface area contributed by atoms with Crippen LogP contribution in [-0.2, 0) is 0 Å². The lowest BCUT2D eigenvalue weighted by atomic mass is 10.2. The molecule has 1 saturated heterocycles. The second kappa shape index (κ2) is 7.88. The number of para-hydroxylation sites is 1. The van der Waals surface area contributed by atoms with Gasteiger partial charge in [0.15, 0.2) is 5.82 Å². The second-order valence-electron chi connectivity index (χ2n) is 6.64. The van der Waals surface area contributed by atoms with Gasteiger partial charge in [-0.3, -0.25) is 0 Å². The van der Waals surface area contributed by atoms with Gasteiger partial charge in [0.05, 0.1) is 0 Å². The van der Waals surface area contributed by atoms with Crippen molar-refractivity contribution in [3.05, 3.63) is 66.5 Å². The molecule has 1 fully saturated rings. The fourth-order valence-corrected chi connectivity index (χ4v) is 4.03. The third-order valence-electron chi connectivity index (χ3n) is 4.76. The van der Waals surface area contributed by atoms with Crippen LogP contribution in [-0.4, -0.2) is 36.1 Å². The molecule has 2 N–H and O–H groups in total. The summed E-state index contributed by atoms with van der Waals surface area (Å²) in [6.07, 6.45) is 1.62. The molecule has 5 nitrogen and oxygen atoms in total. The van der Waals surface area contributed by atoms with Gasteiger partial charge in [-0.05, 0) is 31.2 Å². The molecule has 0 bridgehead atoms. The SMILES string of the molecule is Cc1ccc(Sc2ncnc(N3CCN(c4ccccc4)CC3)c2N)cc1. The van der Waals surface area contributed by atoms with Crippen molar-refractivity contribution in [2.24, 2.45) is 0 Å². The predicted octanol–water partition coefficient (Wildman–Crippen LogP) is 3.85. The number of hydrogen-bond acceptors (Lipinski definition) is 6. The summed E-state index contributed by atoms with van der Waals surface area (Å²) in [6, 6.07) is 18.9. The van der Waals surface area contributed by atoms with Crippen molar-refractivity contribution in [3.8, 4) is 0 Å². The van der Waals surface area contributed by atoms with Crippen LogP contribution in [0.2, 0.25) is 0 Å². The van der Waals surface area contributed by atoms with E-state index in [2.05, 4.69) is 81.3 Å². The van der Waals surface area contributed by atoms with Gasteiger partial charge in [0.1, 0.15) is 17.0 Å². The minimum absolute atomic E-state index is 0.663. The van der Waals surface area contributed by atoms with Gasteiger partial charge in [0.25, 0.3) is 0 Å². The molecule has 27 heavy (non-hydrogen) atoms. The Morgan fingerprint density at radius 3 is 2.22 bits per heavy atom. The molecule has 1 aromatic heterocycles. The Labute approximate surface area is 164 Å². The zero-order valence-electron chi connectivity index (χ0n) is 15.4. The molecule has 138 valence electrons. The summed E-state index contributed by atoms with van der Waals surface area (Å²) in [6.45, 7) is 5.78. The molecular formula is C21H23N5S. The maximum absolute atomic E-state index is 6.44. The normalized spacial score (nSPS) is 14.4. The molecule has 0 spiro atoms. The first-order valence-corrected chi connectivity index (χ1v) is 9.92. The fraction of sp³-hybridized carbons (Fsp3) is 0.238. The van der Waals surface area contributed by atoms with E-state index in [4.69, 9.17) is 5.73 Å². The zero-order valence-corrected chi connectivity index (χ0v) is 16.2. The van der Waals surface area contributed by atoms with Gasteiger partial charge in [-0.2, -0.15) is 0 Å². The van der Waals surface area contributed by atoms with E-state index in [0.29, 0.717) is 5.69 Å². The Hall–Kier alpha value is -2.73. The van der Waals surface area contributed by atoms with Crippen molar-refractivity contribution in [2.45, 2.75) is 16.8 Å². The van der Waals surface area contributed by atoms with Gasteiger partial charge < -0.3 is 15.5 Å². The molecule has 6 heteroatoms. The van der Waals surface area contributed by atoms with E-state index in [-0.39, 0.29) is 0 Å². The lowest BCUT2D eigenvalue weighted by Crippen LogP contribution is -2.47. The van der Waals surface area contributed by atoms with Crippen LogP contribution in [0.5, 0.6) is 0 Å². The van der Waals surface area contributed by atoms with E-state index in [1.807, 2.05) is 0 Å². The molecular weight excluding hydrogens is 354 g/mol. The average molecular weight is 378 g/mol. The van der Waals surface area contributed by atoms with Gasteiger partial charge in [0, 0.05) is 36.8 Å². The highest BCUT2D eigenvalue weighted by atomic mass is 32.2. The average Bonchev–Trinajstić information content (AvgIpc) is 2.72. The van der Waals surface area contributed by atoms with E-state index in [1.165, 1.54) is 11.3 Å². The number of aromatic nitrogens is 2. The van der Waals surface area contributed by atoms with Crippen LogP contribution in [0.25, 0.3) is 0 Å². The smallest absolute Gasteiger partial charge is 0.156 e. The number of piperazine rings is 1. The molecule has 0 unspecified atom stereocenters. The zero-order chi connectivity index (χ0) is 18.6. The quantitative estimate of drug-likeness (QED) is 0.697. The number of hydrogen-bond donors (Lipinski definition) is 1. The molecule has 0 aliphatic carbocycles. The van der Waals surface area contributed by atoms with Crippen molar-refractivity contribution in [2.75, 3.05) is 41.7 Å². The largest absolute Gasteiger partial charge is 0.394 e. The van der Waals surface area contributed by atoms with Crippen molar-refractivity contribution in [3.63, 3.8) is 0 Å². The summed E-state index contributed by atoms with van der Waals surface area (Å²) < 4.78 is 0. The van der Waals surface area contributed by atoms with Crippen LogP contribution < -0.4 is 15.5 Å². The highest BCUT2D eigenvalue weighted by molar-refractivity contribution is 7.99. The maximum atomic E-state index is 6.44. The van der Waals surface area contributed by atoms with Crippen molar-refractivity contribution in [1.82, 2.24) is 9.97 Å². The highest BCUT2D eigenvalue weighted by Gasteiger charge is 2.21. The Kier molecular flexibility index (Phi) is 5.16. The first-order chi connectivity index (χ1) is 13.2. The summed E-state index contributed by atoms with van der Waals surface area (Å²) in [5, 5.41) is 0.814. The molecule has 3 aromatic rings. The predicted molar refractivity (Wildman–Crippen MR) is 113 cm³/mol. The van der Waals surface area contributed by atoms with E-state index >= 15 is 0 Å². The third-order valence-corrected chi connectivity index (χ3v) is 5.79. The number of anilines is 3. The Morgan fingerprint density at radius 1 is 0.852 bits per heavy atom. The highest BCUT2D eigenvalue weighted by Crippen LogP contribution is 2.34. The van der Waals surface area contributed by atoms with Crippen LogP contribution in [0.1, 0.15) is 5.56 Å². The van der Waals surface area contributed by atoms with Crippen molar-refractivity contribution in [1.29, 1.82) is 0 Å². The van der Waals surface area contributed by atoms with Crippen LogP contribution >= 0.6 is 11.8 Å². The topological polar surface area (TPSA) is 58.3 Å². The summed E-state index contributed by atoms with van der Waals surface area (Å²) in [5.74, 6) is 0.840. The monoisotopic (exact) mass is 377 g/mol. The Morgan fingerprint density at radius 2 is 1.52 bits per heavy atom. The molecule has 2 heterocycles. The number of rotatable bonds is 4. The molecule has 4 rings (SSSR count). The minimum atomic E-state index is 0.663. The summed E-state index contributed by atoms with van der Waals surface area (Å²) in [4.78, 5) is 14.7. The van der Waals surface area contributed by atoms with Gasteiger partial charge in [-0.1, -0.05) is 47.7 Å². The van der Waals surface area contributed by atoms with Crippen molar-refractivity contribution < 1.29 is 0 Å². The van der Waals surface area contributed by atoms with Crippen LogP contribution in [0.15, 0.2) is 70.8 Å². The first-order valence-electron chi connectivity index (χ1n) is 9.10. The lowest BCUT2D eigenvalue weighted by Gasteiger charge is -2.37. The Bertz CT molecular complexity index is 890. The van der Waals surface area contributed by atoms with Gasteiger partial charge in [-0.25, -0.2) is 9.97 Å². The van der Waals surface area contributed by atoms with E-state index in [0.717, 1.165) is 41.9 Å². The van der Waals surface area contributed by atoms with E-state index in [1.54, 1.807) is 18.1 Å². The summed E-state index contributed by atoms with van der Waals surface area (Å²) in [7, 11) is 0. The van der Waals surface area contributed by atoms with E-state index < -0.39 is 0 Å². The third kappa shape index (κ3) is 4.01. The number of nitrogens with two attached hydrogens (primary N) is 1. The minimum Gasteiger partial charge on any atom is -0.394 e. The fourth-order valence-electron chi connectivity index (χ4n) is 3.24. The second-order valence-corrected chi connectivity index (χ2v) is 7.70. The van der Waals surface area contributed by atoms with Gasteiger partial charge in [0.2, 0.25) is 0 Å². The molecule has 0 amide bonds. The molecule has 0 atom stereocenters. The number of aryl methyl sites for hydroxylation is 1. The van der Waals surface area contributed by atoms with Crippen LogP contribution in [0, 0.1) is 6.92 Å². The van der Waals surface area contributed by atoms with E-state index in [9.17, 15) is 0 Å². The van der Waals surface area contributed by atoms with Crippen LogP contribution in [0.4, 0.5) is 17.2 Å². The molecule has 0 radical (unpaired) electrons.